The molecule has 2 heterocycles. The number of alkyl halides is 3. The molecular weight excluding hydrogens is 498 g/mol. The van der Waals surface area contributed by atoms with Crippen molar-refractivity contribution in [3.05, 3.63) is 45.3 Å². The van der Waals surface area contributed by atoms with Crippen LogP contribution in [0, 0.1) is 28.1 Å². The topological polar surface area (TPSA) is 122 Å². The lowest BCUT2D eigenvalue weighted by molar-refractivity contribution is -0.156. The van der Waals surface area contributed by atoms with Crippen LogP contribution in [0.3, 0.4) is 0 Å². The maximum Gasteiger partial charge on any atom is 0.416 e. The van der Waals surface area contributed by atoms with E-state index in [0.29, 0.717) is 12.1 Å². The number of imidazole rings is 1. The molecule has 0 atom stereocenters. The first-order chi connectivity index (χ1) is 15.8. The van der Waals surface area contributed by atoms with Crippen molar-refractivity contribution in [3.63, 3.8) is 0 Å². The third kappa shape index (κ3) is 4.83. The van der Waals surface area contributed by atoms with Gasteiger partial charge in [-0.05, 0) is 32.9 Å². The van der Waals surface area contributed by atoms with Gasteiger partial charge in [-0.2, -0.15) is 28.8 Å². The SMILES string of the molecule is CC(C)(C)C(=O)OCn1c(-c2cnn(-c3c(Cl)cc(C(F)(F)F)cc3Cl)n2)nc(C#N)c1C#N. The van der Waals surface area contributed by atoms with E-state index in [0.717, 1.165) is 9.36 Å². The number of halogens is 5. The predicted octanol–water partition coefficient (Wildman–Crippen LogP) is 4.75. The number of esters is 1. The third-order valence-corrected chi connectivity index (χ3v) is 4.96. The Morgan fingerprint density at radius 1 is 1.15 bits per heavy atom. The van der Waals surface area contributed by atoms with Crippen LogP contribution in [0.25, 0.3) is 17.2 Å². The molecule has 0 aliphatic carbocycles. The minimum atomic E-state index is -4.66. The molecule has 1 aromatic carbocycles. The van der Waals surface area contributed by atoms with Crippen LogP contribution >= 0.6 is 23.2 Å². The first-order valence-corrected chi connectivity index (χ1v) is 10.1. The Labute approximate surface area is 200 Å². The number of nitriles is 2. The maximum absolute atomic E-state index is 13.0. The molecule has 9 nitrogen and oxygen atoms in total. The smallest absolute Gasteiger partial charge is 0.416 e. The summed E-state index contributed by atoms with van der Waals surface area (Å²) in [4.78, 5) is 17.1. The summed E-state index contributed by atoms with van der Waals surface area (Å²) in [5.74, 6) is -0.610. The highest BCUT2D eigenvalue weighted by Crippen LogP contribution is 2.37. The molecule has 3 aromatic rings. The lowest BCUT2D eigenvalue weighted by Crippen LogP contribution is -2.24. The zero-order valence-corrected chi connectivity index (χ0v) is 19.3. The van der Waals surface area contributed by atoms with Gasteiger partial charge < -0.3 is 4.74 Å². The lowest BCUT2D eigenvalue weighted by atomic mass is 9.98. The summed E-state index contributed by atoms with van der Waals surface area (Å²) in [5, 5.41) is 26.2. The average Bonchev–Trinajstić information content (AvgIpc) is 3.34. The average molecular weight is 512 g/mol. The Bertz CT molecular complexity index is 1340. The van der Waals surface area contributed by atoms with Crippen molar-refractivity contribution >= 4 is 29.2 Å². The minimum Gasteiger partial charge on any atom is -0.443 e. The van der Waals surface area contributed by atoms with Crippen LogP contribution in [-0.2, 0) is 22.4 Å². The summed E-state index contributed by atoms with van der Waals surface area (Å²) in [6.45, 7) is 4.47. The van der Waals surface area contributed by atoms with E-state index in [2.05, 4.69) is 15.2 Å². The molecule has 0 N–H and O–H groups in total. The summed E-state index contributed by atoms with van der Waals surface area (Å²) >= 11 is 12.0. The van der Waals surface area contributed by atoms with E-state index >= 15 is 0 Å². The molecule has 0 radical (unpaired) electrons. The second-order valence-corrected chi connectivity index (χ2v) is 8.72. The molecule has 0 aliphatic rings. The zero-order chi connectivity index (χ0) is 25.4. The number of carbonyl (C=O) groups excluding carboxylic acids is 1. The van der Waals surface area contributed by atoms with Crippen LogP contribution in [0.1, 0.15) is 37.7 Å². The molecule has 0 spiro atoms. The summed E-state index contributed by atoms with van der Waals surface area (Å²) < 4.78 is 45.4. The van der Waals surface area contributed by atoms with Crippen molar-refractivity contribution in [2.75, 3.05) is 0 Å². The monoisotopic (exact) mass is 511 g/mol. The Morgan fingerprint density at radius 3 is 2.26 bits per heavy atom. The Morgan fingerprint density at radius 2 is 1.76 bits per heavy atom. The normalized spacial score (nSPS) is 11.7. The van der Waals surface area contributed by atoms with Crippen LogP contribution < -0.4 is 0 Å². The van der Waals surface area contributed by atoms with Crippen molar-refractivity contribution in [3.8, 4) is 29.3 Å². The molecule has 0 bridgehead atoms. The highest BCUT2D eigenvalue weighted by Gasteiger charge is 2.33. The second kappa shape index (κ2) is 8.97. The Hall–Kier alpha value is -3.61. The minimum absolute atomic E-state index is 0.0110. The van der Waals surface area contributed by atoms with Gasteiger partial charge in [0, 0.05) is 0 Å². The molecule has 0 amide bonds. The molecule has 176 valence electrons. The van der Waals surface area contributed by atoms with E-state index in [1.165, 1.54) is 6.20 Å². The lowest BCUT2D eigenvalue weighted by Gasteiger charge is -2.17. The summed E-state index contributed by atoms with van der Waals surface area (Å²) in [5.41, 5.74) is -2.42. The highest BCUT2D eigenvalue weighted by molar-refractivity contribution is 6.37. The van der Waals surface area contributed by atoms with Gasteiger partial charge in [0.15, 0.2) is 23.9 Å². The van der Waals surface area contributed by atoms with Crippen LogP contribution in [0.5, 0.6) is 0 Å². The number of rotatable bonds is 4. The van der Waals surface area contributed by atoms with Crippen molar-refractivity contribution < 1.29 is 22.7 Å². The molecule has 2 aromatic heterocycles. The number of benzene rings is 1. The van der Waals surface area contributed by atoms with Crippen molar-refractivity contribution in [2.45, 2.75) is 33.7 Å². The molecule has 0 aliphatic heterocycles. The fraction of sp³-hybridized carbons (Fsp3) is 0.300. The Kier molecular flexibility index (Phi) is 6.60. The zero-order valence-electron chi connectivity index (χ0n) is 17.8. The van der Waals surface area contributed by atoms with Crippen LogP contribution in [0.2, 0.25) is 10.0 Å². The van der Waals surface area contributed by atoms with Crippen LogP contribution in [-0.4, -0.2) is 30.5 Å². The van der Waals surface area contributed by atoms with Crippen molar-refractivity contribution in [1.29, 1.82) is 10.5 Å². The van der Waals surface area contributed by atoms with Crippen molar-refractivity contribution in [1.82, 2.24) is 24.5 Å². The summed E-state index contributed by atoms with van der Waals surface area (Å²) in [7, 11) is 0. The quantitative estimate of drug-likeness (QED) is 0.463. The van der Waals surface area contributed by atoms with Gasteiger partial charge in [0.25, 0.3) is 0 Å². The van der Waals surface area contributed by atoms with Crippen LogP contribution in [0.4, 0.5) is 13.2 Å². The van der Waals surface area contributed by atoms with Gasteiger partial charge >= 0.3 is 12.1 Å². The second-order valence-electron chi connectivity index (χ2n) is 7.90. The third-order valence-electron chi connectivity index (χ3n) is 4.38. The molecular formula is C20H14Cl2F3N7O2. The first kappa shape index (κ1) is 25.0. The van der Waals surface area contributed by atoms with Gasteiger partial charge in [0.05, 0.1) is 27.2 Å². The van der Waals surface area contributed by atoms with E-state index in [9.17, 15) is 28.5 Å². The van der Waals surface area contributed by atoms with Gasteiger partial charge in [-0.15, -0.1) is 9.90 Å². The first-order valence-electron chi connectivity index (χ1n) is 9.35. The standard InChI is InChI=1S/C20H14Cl2F3N7O2/c1-19(2,3)18(33)34-9-31-15(7-27)13(6-26)29-17(31)14-8-28-32(30-14)16-11(21)4-10(5-12(16)22)20(23,24)25/h4-5,8H,9H2,1-3H3. The highest BCUT2D eigenvalue weighted by atomic mass is 35.5. The van der Waals surface area contributed by atoms with E-state index in [-0.39, 0.29) is 38.6 Å². The fourth-order valence-electron chi connectivity index (χ4n) is 2.70. The van der Waals surface area contributed by atoms with Gasteiger partial charge in [-0.3, -0.25) is 9.36 Å². The molecule has 3 rings (SSSR count). The maximum atomic E-state index is 13.0. The number of carbonyl (C=O) groups is 1. The molecule has 34 heavy (non-hydrogen) atoms. The van der Waals surface area contributed by atoms with Gasteiger partial charge in [0.1, 0.15) is 23.5 Å². The van der Waals surface area contributed by atoms with E-state index < -0.39 is 29.9 Å². The largest absolute Gasteiger partial charge is 0.443 e. The van der Waals surface area contributed by atoms with E-state index in [1.54, 1.807) is 26.8 Å². The molecule has 14 heteroatoms. The summed E-state index contributed by atoms with van der Waals surface area (Å²) in [6.07, 6.45) is -3.48. The predicted molar refractivity (Wildman–Crippen MR) is 113 cm³/mol. The van der Waals surface area contributed by atoms with Gasteiger partial charge in [0.2, 0.25) is 0 Å². The molecule has 0 fully saturated rings. The summed E-state index contributed by atoms with van der Waals surface area (Å²) in [6, 6.07) is 4.96. The van der Waals surface area contributed by atoms with Gasteiger partial charge in [-0.1, -0.05) is 23.2 Å². The van der Waals surface area contributed by atoms with E-state index in [1.807, 2.05) is 6.07 Å². The molecule has 0 unspecified atom stereocenters. The number of hydrogen-bond acceptors (Lipinski definition) is 7. The van der Waals surface area contributed by atoms with E-state index in [4.69, 9.17) is 27.9 Å². The number of ether oxygens (including phenoxy) is 1. The number of aromatic nitrogens is 5. The number of hydrogen-bond donors (Lipinski definition) is 0. The molecule has 0 saturated carbocycles. The van der Waals surface area contributed by atoms with Crippen molar-refractivity contribution in [2.24, 2.45) is 5.41 Å². The molecule has 0 saturated heterocycles. The Balaban J connectivity index is 2.06. The van der Waals surface area contributed by atoms with Gasteiger partial charge in [-0.25, -0.2) is 4.98 Å². The number of nitrogens with zero attached hydrogens (tertiary/aromatic N) is 7. The fourth-order valence-corrected chi connectivity index (χ4v) is 3.34. The van der Waals surface area contributed by atoms with Crippen LogP contribution in [0.15, 0.2) is 18.3 Å².